The van der Waals surface area contributed by atoms with Crippen LogP contribution in [0.3, 0.4) is 0 Å². The number of hydrogen-bond donors (Lipinski definition) is 0. The average molecular weight is 1140 g/mol. The van der Waals surface area contributed by atoms with E-state index in [1.54, 1.807) is 12.1 Å². The topological polar surface area (TPSA) is 96.1 Å². The second-order valence-electron chi connectivity index (χ2n) is 9.12. The quantitative estimate of drug-likeness (QED) is 0.0999. The van der Waals surface area contributed by atoms with Crippen molar-refractivity contribution in [1.82, 2.24) is 0 Å². The number of esters is 2. The molecule has 220 valence electrons. The Bertz CT molecular complexity index is 1560. The van der Waals surface area contributed by atoms with E-state index in [1.807, 2.05) is 36.4 Å². The van der Waals surface area contributed by atoms with Crippen molar-refractivity contribution in [3.8, 4) is 34.5 Å². The molecule has 8 nitrogen and oxygen atoms in total. The second-order valence-corrected chi connectivity index (χ2v) is 16.8. The average Bonchev–Trinajstić information content (AvgIpc) is 3.89. The summed E-state index contributed by atoms with van der Waals surface area (Å²) in [7, 11) is 0. The summed E-state index contributed by atoms with van der Waals surface area (Å²) >= 11 is 8.21. The SMILES string of the molecule is O=C(Oc1cc(I)c(Oc2ccc([I+]c3ccc(Oc4cc(I)c(OC(=O)C5CO5)cc4I)cc3)cc2)cc1I)C1CO1. The van der Waals surface area contributed by atoms with E-state index in [4.69, 9.17) is 28.4 Å². The molecule has 2 unspecified atom stereocenters. The van der Waals surface area contributed by atoms with Crippen LogP contribution in [0.25, 0.3) is 0 Å². The molecule has 2 heterocycles. The Morgan fingerprint density at radius 3 is 1.26 bits per heavy atom. The van der Waals surface area contributed by atoms with E-state index in [9.17, 15) is 9.59 Å². The molecular formula is C30H18I5O8+. The third-order valence-electron chi connectivity index (χ3n) is 5.89. The molecular weight excluding hydrogens is 1120 g/mol. The molecule has 2 aliphatic heterocycles. The molecule has 6 rings (SSSR count). The summed E-state index contributed by atoms with van der Waals surface area (Å²) in [4.78, 5) is 23.9. The van der Waals surface area contributed by atoms with Crippen LogP contribution in [0.5, 0.6) is 34.5 Å². The molecule has 4 aromatic rings. The van der Waals surface area contributed by atoms with Crippen LogP contribution < -0.4 is 40.2 Å². The van der Waals surface area contributed by atoms with Gasteiger partial charge in [0.1, 0.15) is 34.5 Å². The Morgan fingerprint density at radius 1 is 0.581 bits per heavy atom. The number of halogens is 5. The van der Waals surface area contributed by atoms with Gasteiger partial charge in [0.2, 0.25) is 0 Å². The number of carbonyl (C=O) groups is 2. The zero-order chi connectivity index (χ0) is 30.1. The molecule has 43 heavy (non-hydrogen) atoms. The summed E-state index contributed by atoms with van der Waals surface area (Å²) in [6.45, 7) is 0.831. The van der Waals surface area contributed by atoms with Gasteiger partial charge in [-0.15, -0.1) is 0 Å². The molecule has 2 atom stereocenters. The highest BCUT2D eigenvalue weighted by Gasteiger charge is 2.34. The fourth-order valence-corrected chi connectivity index (χ4v) is 7.91. The van der Waals surface area contributed by atoms with Crippen LogP contribution in [0.15, 0.2) is 72.8 Å². The minimum absolute atomic E-state index is 0.372. The van der Waals surface area contributed by atoms with Crippen molar-refractivity contribution in [2.75, 3.05) is 13.2 Å². The molecule has 13 heteroatoms. The predicted octanol–water partition coefficient (Wildman–Crippen LogP) is 4.43. The summed E-state index contributed by atoms with van der Waals surface area (Å²) in [6, 6.07) is 23.5. The van der Waals surface area contributed by atoms with Gasteiger partial charge in [0.25, 0.3) is 0 Å². The van der Waals surface area contributed by atoms with Crippen molar-refractivity contribution in [2.45, 2.75) is 12.2 Å². The molecule has 4 aromatic carbocycles. The van der Waals surface area contributed by atoms with Crippen molar-refractivity contribution in [3.63, 3.8) is 0 Å². The Hall–Kier alpha value is -1.01. The highest BCUT2D eigenvalue weighted by atomic mass is 127. The monoisotopic (exact) mass is 1140 g/mol. The van der Waals surface area contributed by atoms with Crippen LogP contribution in [0.1, 0.15) is 0 Å². The van der Waals surface area contributed by atoms with Gasteiger partial charge < -0.3 is 28.4 Å². The maximum absolute atomic E-state index is 11.9. The van der Waals surface area contributed by atoms with Crippen molar-refractivity contribution in [1.29, 1.82) is 0 Å². The van der Waals surface area contributed by atoms with Gasteiger partial charge in [-0.05, 0) is 163 Å². The fraction of sp³-hybridized carbons (Fsp3) is 0.133. The Labute approximate surface area is 311 Å². The Kier molecular flexibility index (Phi) is 10.5. The van der Waals surface area contributed by atoms with E-state index in [0.717, 1.165) is 25.8 Å². The smallest absolute Gasteiger partial charge is 0.357 e. The first kappa shape index (κ1) is 32.0. The van der Waals surface area contributed by atoms with Crippen molar-refractivity contribution in [2.24, 2.45) is 0 Å². The molecule has 0 radical (unpaired) electrons. The van der Waals surface area contributed by atoms with E-state index in [2.05, 4.69) is 115 Å². The van der Waals surface area contributed by atoms with Crippen molar-refractivity contribution < 1.29 is 59.2 Å². The second kappa shape index (κ2) is 14.2. The lowest BCUT2D eigenvalue weighted by Gasteiger charge is -2.11. The summed E-state index contributed by atoms with van der Waals surface area (Å²) < 4.78 is 38.9. The van der Waals surface area contributed by atoms with Gasteiger partial charge in [0, 0.05) is 0 Å². The number of epoxide rings is 2. The van der Waals surface area contributed by atoms with E-state index in [0.29, 0.717) is 36.2 Å². The molecule has 0 aliphatic carbocycles. The van der Waals surface area contributed by atoms with Gasteiger partial charge in [0.05, 0.1) is 27.5 Å². The minimum atomic E-state index is -0.448. The van der Waals surface area contributed by atoms with Crippen molar-refractivity contribution >= 4 is 102 Å². The first-order valence-electron chi connectivity index (χ1n) is 12.6. The zero-order valence-electron chi connectivity index (χ0n) is 21.7. The van der Waals surface area contributed by atoms with Gasteiger partial charge in [-0.3, -0.25) is 0 Å². The molecule has 0 bridgehead atoms. The maximum Gasteiger partial charge on any atom is 0.357 e. The summed E-state index contributed by atoms with van der Waals surface area (Å²) in [5, 5.41) is 0. The van der Waals surface area contributed by atoms with Crippen LogP contribution >= 0.6 is 90.4 Å². The molecule has 0 amide bonds. The first-order valence-corrected chi connectivity index (χ1v) is 19.0. The summed E-state index contributed by atoms with van der Waals surface area (Å²) in [5.74, 6) is 3.10. The van der Waals surface area contributed by atoms with Gasteiger partial charge in [0.15, 0.2) is 19.3 Å². The number of rotatable bonds is 10. The van der Waals surface area contributed by atoms with Gasteiger partial charge in [-0.1, -0.05) is 0 Å². The third kappa shape index (κ3) is 8.63. The molecule has 0 saturated carbocycles. The number of ether oxygens (including phenoxy) is 6. The van der Waals surface area contributed by atoms with Crippen LogP contribution in [-0.2, 0) is 19.1 Å². The lowest BCUT2D eigenvalue weighted by Crippen LogP contribution is -3.61. The highest BCUT2D eigenvalue weighted by Crippen LogP contribution is 2.36. The van der Waals surface area contributed by atoms with Gasteiger partial charge >= 0.3 is 33.1 Å². The van der Waals surface area contributed by atoms with Crippen molar-refractivity contribution in [3.05, 3.63) is 94.2 Å². The lowest BCUT2D eigenvalue weighted by atomic mass is 10.3. The molecule has 0 N–H and O–H groups in total. The normalized spacial score (nSPS) is 16.7. The summed E-state index contributed by atoms with van der Waals surface area (Å²) in [5.41, 5.74) is 0. The standard InChI is InChI=1S/C30H18I5O8/c31-19-11-25(42-29(36)27-13-38-27)21(33)9-23(19)40-17-5-1-15(2-6-17)35-16-3-7-18(8-4-16)41-24-10-22(34)26(12-20(24)32)43-30(37)28-14-39-28/h1-12,27-28H,13-14H2/q+1. The van der Waals surface area contributed by atoms with E-state index in [1.165, 1.54) is 7.14 Å². The molecule has 2 aliphatic rings. The van der Waals surface area contributed by atoms with Crippen LogP contribution in [0, 0.1) is 21.4 Å². The molecule has 0 spiro atoms. The maximum atomic E-state index is 11.9. The molecule has 0 aromatic heterocycles. The third-order valence-corrected chi connectivity index (χ3v) is 11.9. The van der Waals surface area contributed by atoms with E-state index < -0.39 is 33.4 Å². The Balaban J connectivity index is 1.05. The minimum Gasteiger partial charge on any atom is -0.456 e. The number of benzene rings is 4. The first-order chi connectivity index (χ1) is 20.7. The van der Waals surface area contributed by atoms with Gasteiger partial charge in [-0.2, -0.15) is 0 Å². The summed E-state index contributed by atoms with van der Waals surface area (Å²) in [6.07, 6.45) is -0.895. The fourth-order valence-electron chi connectivity index (χ4n) is 3.56. The zero-order valence-corrected chi connectivity index (χ0v) is 32.4. The van der Waals surface area contributed by atoms with Crippen LogP contribution in [0.2, 0.25) is 0 Å². The molecule has 2 fully saturated rings. The van der Waals surface area contributed by atoms with Crippen LogP contribution in [0.4, 0.5) is 0 Å². The number of hydrogen-bond acceptors (Lipinski definition) is 8. The van der Waals surface area contributed by atoms with E-state index >= 15 is 0 Å². The Morgan fingerprint density at radius 2 is 0.907 bits per heavy atom. The number of carbonyl (C=O) groups excluding carboxylic acids is 2. The highest BCUT2D eigenvalue weighted by molar-refractivity contribution is 14.1. The lowest BCUT2D eigenvalue weighted by molar-refractivity contribution is -0.597. The largest absolute Gasteiger partial charge is 0.456 e. The van der Waals surface area contributed by atoms with Gasteiger partial charge in [-0.25, -0.2) is 9.59 Å². The predicted molar refractivity (Wildman–Crippen MR) is 185 cm³/mol. The molecule has 2 saturated heterocycles. The van der Waals surface area contributed by atoms with E-state index in [-0.39, 0.29) is 11.9 Å². The van der Waals surface area contributed by atoms with Crippen LogP contribution in [-0.4, -0.2) is 37.4 Å².